The number of anilines is 1. The second-order valence-electron chi connectivity index (χ2n) is 4.63. The van der Waals surface area contributed by atoms with Crippen LogP contribution in [0.15, 0.2) is 22.9 Å². The number of rotatable bonds is 7. The number of aryl methyl sites for hydroxylation is 2. The van der Waals surface area contributed by atoms with Gasteiger partial charge in [0.2, 0.25) is 11.8 Å². The Morgan fingerprint density at radius 1 is 1.43 bits per heavy atom. The predicted molar refractivity (Wildman–Crippen MR) is 75.8 cm³/mol. The number of aromatic hydroxyl groups is 1. The lowest BCUT2D eigenvalue weighted by atomic mass is 10.2. The molecule has 0 bridgehead atoms. The highest BCUT2D eigenvalue weighted by molar-refractivity contribution is 5.90. The fraction of sp³-hybridized carbons (Fsp3) is 0.429. The van der Waals surface area contributed by atoms with Crippen LogP contribution in [-0.4, -0.2) is 26.1 Å². The highest BCUT2D eigenvalue weighted by Crippen LogP contribution is 2.18. The molecular weight excluding hydrogens is 272 g/mol. The van der Waals surface area contributed by atoms with E-state index in [1.807, 2.05) is 6.92 Å². The number of hydrogen-bond acceptors (Lipinski definition) is 6. The molecule has 2 N–H and O–H groups in total. The summed E-state index contributed by atoms with van der Waals surface area (Å²) in [5.74, 6) is 1.16. The highest BCUT2D eigenvalue weighted by Gasteiger charge is 2.09. The van der Waals surface area contributed by atoms with Gasteiger partial charge in [-0.05, 0) is 25.0 Å². The number of hydrogen-bond donors (Lipinski definition) is 2. The third-order valence-electron chi connectivity index (χ3n) is 2.82. The van der Waals surface area contributed by atoms with E-state index in [0.29, 0.717) is 31.0 Å². The van der Waals surface area contributed by atoms with Crippen molar-refractivity contribution in [2.24, 2.45) is 0 Å². The summed E-state index contributed by atoms with van der Waals surface area (Å²) in [6, 6.07) is 3.06. The molecule has 1 amide bonds. The van der Waals surface area contributed by atoms with Crippen molar-refractivity contribution >= 4 is 11.7 Å². The molecule has 21 heavy (non-hydrogen) atoms. The standard InChI is InChI=1S/C14H18N4O3/c1-2-5-11-16-13(21-18-11)8-3-7-12(20)17-14-10(19)6-4-9-15-14/h4,6,9,19H,2-3,5,7-8H2,1H3,(H,15,17,20). The van der Waals surface area contributed by atoms with Gasteiger partial charge in [0.25, 0.3) is 0 Å². The van der Waals surface area contributed by atoms with E-state index < -0.39 is 0 Å². The summed E-state index contributed by atoms with van der Waals surface area (Å²) in [6.07, 6.45) is 4.70. The van der Waals surface area contributed by atoms with E-state index in [2.05, 4.69) is 20.4 Å². The Hall–Kier alpha value is -2.44. The maximum atomic E-state index is 11.7. The Kier molecular flexibility index (Phi) is 5.25. The maximum absolute atomic E-state index is 11.7. The molecule has 2 aromatic heterocycles. The van der Waals surface area contributed by atoms with Crippen LogP contribution in [0.25, 0.3) is 0 Å². The smallest absolute Gasteiger partial charge is 0.226 e. The van der Waals surface area contributed by atoms with Crippen LogP contribution in [0.3, 0.4) is 0 Å². The molecule has 0 unspecified atom stereocenters. The second kappa shape index (κ2) is 7.37. The van der Waals surface area contributed by atoms with Crippen molar-refractivity contribution in [1.82, 2.24) is 15.1 Å². The zero-order valence-electron chi connectivity index (χ0n) is 11.9. The number of carbonyl (C=O) groups excluding carboxylic acids is 1. The monoisotopic (exact) mass is 290 g/mol. The molecule has 0 saturated carbocycles. The first-order chi connectivity index (χ1) is 10.2. The molecule has 0 fully saturated rings. The van der Waals surface area contributed by atoms with Crippen molar-refractivity contribution in [2.45, 2.75) is 39.0 Å². The molecule has 0 saturated heterocycles. The predicted octanol–water partition coefficient (Wildman–Crippen LogP) is 2.08. The first-order valence-electron chi connectivity index (χ1n) is 6.94. The summed E-state index contributed by atoms with van der Waals surface area (Å²) >= 11 is 0. The van der Waals surface area contributed by atoms with Crippen LogP contribution in [-0.2, 0) is 17.6 Å². The Balaban J connectivity index is 1.75. The van der Waals surface area contributed by atoms with Gasteiger partial charge in [0, 0.05) is 25.5 Å². The zero-order chi connectivity index (χ0) is 15.1. The van der Waals surface area contributed by atoms with E-state index in [-0.39, 0.29) is 17.5 Å². The zero-order valence-corrected chi connectivity index (χ0v) is 11.9. The minimum Gasteiger partial charge on any atom is -0.504 e. The summed E-state index contributed by atoms with van der Waals surface area (Å²) < 4.78 is 5.09. The molecule has 7 heteroatoms. The fourth-order valence-electron chi connectivity index (χ4n) is 1.80. The van der Waals surface area contributed by atoms with Crippen LogP contribution in [0.4, 0.5) is 5.82 Å². The van der Waals surface area contributed by atoms with Crippen LogP contribution in [0, 0.1) is 0 Å². The SMILES string of the molecule is CCCc1noc(CCCC(=O)Nc2ncccc2O)n1. The quantitative estimate of drug-likeness (QED) is 0.809. The minimum absolute atomic E-state index is 0.0491. The van der Waals surface area contributed by atoms with Gasteiger partial charge in [0.15, 0.2) is 17.4 Å². The van der Waals surface area contributed by atoms with E-state index in [9.17, 15) is 9.90 Å². The Morgan fingerprint density at radius 3 is 3.05 bits per heavy atom. The van der Waals surface area contributed by atoms with E-state index in [4.69, 9.17) is 4.52 Å². The van der Waals surface area contributed by atoms with Crippen molar-refractivity contribution in [3.8, 4) is 5.75 Å². The van der Waals surface area contributed by atoms with Crippen molar-refractivity contribution in [3.63, 3.8) is 0 Å². The summed E-state index contributed by atoms with van der Waals surface area (Å²) in [7, 11) is 0. The number of amides is 1. The summed E-state index contributed by atoms with van der Waals surface area (Å²) in [5.41, 5.74) is 0. The molecule has 0 spiro atoms. The molecule has 0 aromatic carbocycles. The second-order valence-corrected chi connectivity index (χ2v) is 4.63. The molecule has 2 aromatic rings. The van der Waals surface area contributed by atoms with Crippen LogP contribution >= 0.6 is 0 Å². The molecule has 0 aliphatic carbocycles. The van der Waals surface area contributed by atoms with Crippen molar-refractivity contribution < 1.29 is 14.4 Å². The fourth-order valence-corrected chi connectivity index (χ4v) is 1.80. The van der Waals surface area contributed by atoms with Crippen molar-refractivity contribution in [3.05, 3.63) is 30.0 Å². The number of aromatic nitrogens is 3. The van der Waals surface area contributed by atoms with Gasteiger partial charge in [-0.1, -0.05) is 12.1 Å². The van der Waals surface area contributed by atoms with E-state index in [0.717, 1.165) is 12.8 Å². The average molecular weight is 290 g/mol. The van der Waals surface area contributed by atoms with Crippen molar-refractivity contribution in [1.29, 1.82) is 0 Å². The molecular formula is C14H18N4O3. The van der Waals surface area contributed by atoms with E-state index in [1.54, 1.807) is 6.07 Å². The third-order valence-corrected chi connectivity index (χ3v) is 2.82. The molecule has 7 nitrogen and oxygen atoms in total. The molecule has 0 atom stereocenters. The van der Waals surface area contributed by atoms with Gasteiger partial charge in [-0.15, -0.1) is 0 Å². The molecule has 112 valence electrons. The maximum Gasteiger partial charge on any atom is 0.226 e. The first-order valence-corrected chi connectivity index (χ1v) is 6.94. The molecule has 0 radical (unpaired) electrons. The largest absolute Gasteiger partial charge is 0.504 e. The van der Waals surface area contributed by atoms with Gasteiger partial charge in [-0.3, -0.25) is 4.79 Å². The van der Waals surface area contributed by atoms with Gasteiger partial charge >= 0.3 is 0 Å². The van der Waals surface area contributed by atoms with Gasteiger partial charge < -0.3 is 14.9 Å². The molecule has 2 rings (SSSR count). The number of carbonyl (C=O) groups is 1. The van der Waals surface area contributed by atoms with Crippen molar-refractivity contribution in [2.75, 3.05) is 5.32 Å². The lowest BCUT2D eigenvalue weighted by molar-refractivity contribution is -0.116. The Labute approximate surface area is 122 Å². The van der Waals surface area contributed by atoms with Gasteiger partial charge in [-0.2, -0.15) is 4.98 Å². The lowest BCUT2D eigenvalue weighted by Crippen LogP contribution is -2.12. The molecule has 2 heterocycles. The highest BCUT2D eigenvalue weighted by atomic mass is 16.5. The topological polar surface area (TPSA) is 101 Å². The van der Waals surface area contributed by atoms with Crippen LogP contribution in [0.5, 0.6) is 5.75 Å². The van der Waals surface area contributed by atoms with Crippen LogP contribution in [0.2, 0.25) is 0 Å². The van der Waals surface area contributed by atoms with E-state index in [1.165, 1.54) is 12.3 Å². The van der Waals surface area contributed by atoms with Gasteiger partial charge in [0.1, 0.15) is 0 Å². The van der Waals surface area contributed by atoms with Crippen LogP contribution in [0.1, 0.15) is 37.9 Å². The van der Waals surface area contributed by atoms with Crippen LogP contribution < -0.4 is 5.32 Å². The van der Waals surface area contributed by atoms with Gasteiger partial charge in [0.05, 0.1) is 0 Å². The Bertz CT molecular complexity index is 597. The normalized spacial score (nSPS) is 10.5. The molecule has 0 aliphatic heterocycles. The number of nitrogens with zero attached hydrogens (tertiary/aromatic N) is 3. The number of nitrogens with one attached hydrogen (secondary N) is 1. The first kappa shape index (κ1) is 15.0. The number of pyridine rings is 1. The Morgan fingerprint density at radius 2 is 2.29 bits per heavy atom. The minimum atomic E-state index is -0.211. The summed E-state index contributed by atoms with van der Waals surface area (Å²) in [4.78, 5) is 19.9. The third kappa shape index (κ3) is 4.55. The average Bonchev–Trinajstić information content (AvgIpc) is 2.89. The summed E-state index contributed by atoms with van der Waals surface area (Å²) in [6.45, 7) is 2.05. The molecule has 0 aliphatic rings. The van der Waals surface area contributed by atoms with E-state index >= 15 is 0 Å². The lowest BCUT2D eigenvalue weighted by Gasteiger charge is -2.04. The summed E-state index contributed by atoms with van der Waals surface area (Å²) in [5, 5.41) is 15.9. The van der Waals surface area contributed by atoms with Gasteiger partial charge in [-0.25, -0.2) is 4.98 Å².